The molecular weight excluding hydrogens is 134 g/mol. The predicted octanol–water partition coefficient (Wildman–Crippen LogP) is 2.81. The lowest BCUT2D eigenvalue weighted by Crippen LogP contribution is -2.24. The molecule has 0 fully saturated rings. The molecule has 2 atom stereocenters. The summed E-state index contributed by atoms with van der Waals surface area (Å²) < 4.78 is 0. The molecule has 0 saturated carbocycles. The molecule has 11 heavy (non-hydrogen) atoms. The van der Waals surface area contributed by atoms with Crippen molar-refractivity contribution >= 4 is 0 Å². The first-order valence-corrected chi connectivity index (χ1v) is 4.91. The Labute approximate surface area is 71.6 Å². The normalized spacial score (nSPS) is 16.4. The Hall–Kier alpha value is -0.0400. The van der Waals surface area contributed by atoms with E-state index in [0.29, 0.717) is 0 Å². The van der Waals surface area contributed by atoms with Gasteiger partial charge in [-0.25, -0.2) is 0 Å². The summed E-state index contributed by atoms with van der Waals surface area (Å²) in [5, 5.41) is 3.33. The van der Waals surface area contributed by atoms with Gasteiger partial charge in [-0.3, -0.25) is 0 Å². The zero-order valence-corrected chi connectivity index (χ0v) is 8.48. The van der Waals surface area contributed by atoms with Gasteiger partial charge in [-0.1, -0.05) is 27.2 Å². The first kappa shape index (κ1) is 11.0. The highest BCUT2D eigenvalue weighted by molar-refractivity contribution is 4.63. The molecule has 0 aromatic carbocycles. The summed E-state index contributed by atoms with van der Waals surface area (Å²) in [7, 11) is 2.06. The second-order valence-electron chi connectivity index (χ2n) is 3.48. The van der Waals surface area contributed by atoms with E-state index in [1.165, 1.54) is 25.7 Å². The Morgan fingerprint density at radius 3 is 2.09 bits per heavy atom. The van der Waals surface area contributed by atoms with E-state index in [2.05, 4.69) is 33.1 Å². The van der Waals surface area contributed by atoms with Gasteiger partial charge in [-0.2, -0.15) is 0 Å². The Bertz CT molecular complexity index is 76.9. The molecule has 0 aromatic rings. The average molecular weight is 157 g/mol. The molecule has 0 aliphatic heterocycles. The minimum absolute atomic E-state index is 0.740. The number of hydrogen-bond acceptors (Lipinski definition) is 1. The zero-order chi connectivity index (χ0) is 8.69. The van der Waals surface area contributed by atoms with Crippen molar-refractivity contribution in [2.75, 3.05) is 7.05 Å². The van der Waals surface area contributed by atoms with Crippen molar-refractivity contribution in [2.24, 2.45) is 5.92 Å². The Kier molecular flexibility index (Phi) is 6.63. The Balaban J connectivity index is 3.34. The van der Waals surface area contributed by atoms with Crippen LogP contribution in [0.4, 0.5) is 0 Å². The molecule has 1 heteroatoms. The number of hydrogen-bond donors (Lipinski definition) is 1. The van der Waals surface area contributed by atoms with Gasteiger partial charge < -0.3 is 5.32 Å². The molecule has 68 valence electrons. The molecule has 0 spiro atoms. The molecule has 0 saturated heterocycles. The van der Waals surface area contributed by atoms with E-state index in [9.17, 15) is 0 Å². The highest BCUT2D eigenvalue weighted by atomic mass is 14.9. The SMILES string of the molecule is CCC(C)CCC(CC)NC. The van der Waals surface area contributed by atoms with E-state index in [-0.39, 0.29) is 0 Å². The molecule has 0 radical (unpaired) electrons. The zero-order valence-electron chi connectivity index (χ0n) is 8.48. The van der Waals surface area contributed by atoms with Crippen LogP contribution in [0.2, 0.25) is 0 Å². The second-order valence-corrected chi connectivity index (χ2v) is 3.48. The van der Waals surface area contributed by atoms with Gasteiger partial charge in [0.15, 0.2) is 0 Å². The first-order chi connectivity index (χ1) is 5.24. The van der Waals surface area contributed by atoms with Crippen LogP contribution in [0, 0.1) is 5.92 Å². The largest absolute Gasteiger partial charge is 0.317 e. The van der Waals surface area contributed by atoms with Gasteiger partial charge in [0.25, 0.3) is 0 Å². The van der Waals surface area contributed by atoms with Crippen LogP contribution in [0.15, 0.2) is 0 Å². The van der Waals surface area contributed by atoms with Crippen LogP contribution >= 0.6 is 0 Å². The minimum Gasteiger partial charge on any atom is -0.317 e. The highest BCUT2D eigenvalue weighted by Crippen LogP contribution is 2.12. The van der Waals surface area contributed by atoms with Crippen LogP contribution < -0.4 is 5.32 Å². The van der Waals surface area contributed by atoms with Crippen LogP contribution in [-0.2, 0) is 0 Å². The summed E-state index contributed by atoms with van der Waals surface area (Å²) in [4.78, 5) is 0. The first-order valence-electron chi connectivity index (χ1n) is 4.91. The quantitative estimate of drug-likeness (QED) is 0.625. The fourth-order valence-electron chi connectivity index (χ4n) is 1.24. The summed E-state index contributed by atoms with van der Waals surface area (Å²) in [6.07, 6.45) is 5.28. The van der Waals surface area contributed by atoms with Crippen molar-refractivity contribution in [1.82, 2.24) is 5.32 Å². The van der Waals surface area contributed by atoms with Crippen molar-refractivity contribution in [3.05, 3.63) is 0 Å². The molecule has 0 aliphatic carbocycles. The fourth-order valence-corrected chi connectivity index (χ4v) is 1.24. The standard InChI is InChI=1S/C10H23N/c1-5-9(3)7-8-10(6-2)11-4/h9-11H,5-8H2,1-4H3. The highest BCUT2D eigenvalue weighted by Gasteiger charge is 2.04. The van der Waals surface area contributed by atoms with E-state index < -0.39 is 0 Å². The monoisotopic (exact) mass is 157 g/mol. The van der Waals surface area contributed by atoms with Gasteiger partial charge in [0.2, 0.25) is 0 Å². The van der Waals surface area contributed by atoms with Gasteiger partial charge in [0, 0.05) is 6.04 Å². The number of nitrogens with one attached hydrogen (secondary N) is 1. The van der Waals surface area contributed by atoms with E-state index >= 15 is 0 Å². The average Bonchev–Trinajstić information content (AvgIpc) is 2.06. The van der Waals surface area contributed by atoms with Crippen LogP contribution in [-0.4, -0.2) is 13.1 Å². The third-order valence-corrected chi connectivity index (χ3v) is 2.61. The number of rotatable bonds is 6. The van der Waals surface area contributed by atoms with Crippen LogP contribution in [0.3, 0.4) is 0 Å². The third-order valence-electron chi connectivity index (χ3n) is 2.61. The topological polar surface area (TPSA) is 12.0 Å². The Morgan fingerprint density at radius 2 is 1.73 bits per heavy atom. The summed E-state index contributed by atoms with van der Waals surface area (Å²) in [6, 6.07) is 0.740. The summed E-state index contributed by atoms with van der Waals surface area (Å²) in [5.74, 6) is 0.900. The molecular formula is C10H23N. The molecule has 0 amide bonds. The van der Waals surface area contributed by atoms with Crippen molar-refractivity contribution in [1.29, 1.82) is 0 Å². The van der Waals surface area contributed by atoms with Crippen molar-refractivity contribution in [2.45, 2.75) is 52.5 Å². The Morgan fingerprint density at radius 1 is 1.09 bits per heavy atom. The molecule has 0 bridgehead atoms. The van der Waals surface area contributed by atoms with E-state index in [0.717, 1.165) is 12.0 Å². The summed E-state index contributed by atoms with van der Waals surface area (Å²) in [5.41, 5.74) is 0. The molecule has 0 heterocycles. The lowest BCUT2D eigenvalue weighted by Gasteiger charge is -2.15. The van der Waals surface area contributed by atoms with Crippen LogP contribution in [0.1, 0.15) is 46.5 Å². The maximum absolute atomic E-state index is 3.33. The smallest absolute Gasteiger partial charge is 0.00615 e. The summed E-state index contributed by atoms with van der Waals surface area (Å²) in [6.45, 7) is 6.85. The third kappa shape index (κ3) is 5.25. The van der Waals surface area contributed by atoms with E-state index in [4.69, 9.17) is 0 Å². The molecule has 2 unspecified atom stereocenters. The second kappa shape index (κ2) is 6.66. The van der Waals surface area contributed by atoms with Crippen LogP contribution in [0.5, 0.6) is 0 Å². The maximum atomic E-state index is 3.33. The fraction of sp³-hybridized carbons (Fsp3) is 1.00. The van der Waals surface area contributed by atoms with Gasteiger partial charge in [0.05, 0.1) is 0 Å². The summed E-state index contributed by atoms with van der Waals surface area (Å²) >= 11 is 0. The molecule has 1 N–H and O–H groups in total. The predicted molar refractivity (Wildman–Crippen MR) is 51.8 cm³/mol. The molecule has 0 rings (SSSR count). The lowest BCUT2D eigenvalue weighted by molar-refractivity contribution is 0.420. The van der Waals surface area contributed by atoms with Crippen molar-refractivity contribution in [3.8, 4) is 0 Å². The van der Waals surface area contributed by atoms with E-state index in [1.54, 1.807) is 0 Å². The van der Waals surface area contributed by atoms with Crippen molar-refractivity contribution in [3.63, 3.8) is 0 Å². The van der Waals surface area contributed by atoms with Gasteiger partial charge in [-0.15, -0.1) is 0 Å². The molecule has 1 nitrogen and oxygen atoms in total. The lowest BCUT2D eigenvalue weighted by atomic mass is 9.98. The van der Waals surface area contributed by atoms with Gasteiger partial charge in [-0.05, 0) is 32.2 Å². The molecule has 0 aromatic heterocycles. The van der Waals surface area contributed by atoms with Gasteiger partial charge in [0.1, 0.15) is 0 Å². The van der Waals surface area contributed by atoms with Crippen molar-refractivity contribution < 1.29 is 0 Å². The van der Waals surface area contributed by atoms with Gasteiger partial charge >= 0.3 is 0 Å². The minimum atomic E-state index is 0.740. The maximum Gasteiger partial charge on any atom is 0.00615 e. The molecule has 0 aliphatic rings. The van der Waals surface area contributed by atoms with E-state index in [1.807, 2.05) is 0 Å². The van der Waals surface area contributed by atoms with Crippen LogP contribution in [0.25, 0.3) is 0 Å².